The van der Waals surface area contributed by atoms with Crippen molar-refractivity contribution in [3.05, 3.63) is 28.7 Å². The summed E-state index contributed by atoms with van der Waals surface area (Å²) in [6, 6.07) is 7.49. The van der Waals surface area contributed by atoms with Crippen LogP contribution in [0.4, 0.5) is 5.69 Å². The molecule has 1 aromatic carbocycles. The molecule has 0 fully saturated rings. The van der Waals surface area contributed by atoms with Gasteiger partial charge in [0.05, 0.1) is 19.3 Å². The highest BCUT2D eigenvalue weighted by Gasteiger charge is 2.36. The van der Waals surface area contributed by atoms with E-state index in [0.29, 0.717) is 6.54 Å². The minimum absolute atomic E-state index is 0.213. The van der Waals surface area contributed by atoms with E-state index < -0.39 is 11.9 Å². The smallest absolute Gasteiger partial charge is 0.316 e. The van der Waals surface area contributed by atoms with Gasteiger partial charge in [0.1, 0.15) is 11.6 Å². The second kappa shape index (κ2) is 5.52. The fraction of sp³-hybridized carbons (Fsp3) is 0.308. The maximum absolute atomic E-state index is 11.7. The van der Waals surface area contributed by atoms with Crippen molar-refractivity contribution in [3.63, 3.8) is 0 Å². The monoisotopic (exact) mass is 324 g/mol. The van der Waals surface area contributed by atoms with Gasteiger partial charge in [0.15, 0.2) is 5.78 Å². The van der Waals surface area contributed by atoms with Crippen LogP contribution >= 0.6 is 15.9 Å². The summed E-state index contributed by atoms with van der Waals surface area (Å²) in [5, 5.41) is 5.87. The van der Waals surface area contributed by atoms with Crippen LogP contribution in [0.2, 0.25) is 0 Å². The van der Waals surface area contributed by atoms with Gasteiger partial charge in [-0.05, 0) is 24.3 Å². The molecule has 1 unspecified atom stereocenters. The average Bonchev–Trinajstić information content (AvgIpc) is 2.84. The van der Waals surface area contributed by atoms with Crippen LogP contribution in [0, 0.1) is 5.92 Å². The van der Waals surface area contributed by atoms with Crippen LogP contribution in [-0.2, 0) is 14.3 Å². The molecule has 0 saturated carbocycles. The molecule has 5 nitrogen and oxygen atoms in total. The summed E-state index contributed by atoms with van der Waals surface area (Å²) in [5.41, 5.74) is 1.07. The SMILES string of the molecule is COC(=O)C1CN(c2ccc(Br)cc2)N=C1C(C)=O. The molecule has 100 valence electrons. The van der Waals surface area contributed by atoms with Crippen LogP contribution in [0.25, 0.3) is 0 Å². The quantitative estimate of drug-likeness (QED) is 0.798. The molecule has 0 N–H and O–H groups in total. The first-order chi connectivity index (χ1) is 9.02. The molecule has 1 aromatic rings. The number of halogens is 1. The third kappa shape index (κ3) is 2.84. The van der Waals surface area contributed by atoms with Crippen molar-refractivity contribution >= 4 is 39.1 Å². The Balaban J connectivity index is 2.28. The third-order valence-electron chi connectivity index (χ3n) is 2.89. The fourth-order valence-electron chi connectivity index (χ4n) is 1.92. The fourth-order valence-corrected chi connectivity index (χ4v) is 2.18. The Kier molecular flexibility index (Phi) is 3.99. The van der Waals surface area contributed by atoms with E-state index >= 15 is 0 Å². The maximum Gasteiger partial charge on any atom is 0.316 e. The number of carbonyl (C=O) groups is 2. The van der Waals surface area contributed by atoms with Gasteiger partial charge in [-0.2, -0.15) is 5.10 Å². The molecule has 1 atom stereocenters. The van der Waals surface area contributed by atoms with Crippen LogP contribution in [0.15, 0.2) is 33.8 Å². The molecule has 0 bridgehead atoms. The molecule has 1 aliphatic rings. The number of hydrogen-bond donors (Lipinski definition) is 0. The predicted molar refractivity (Wildman–Crippen MR) is 75.1 cm³/mol. The summed E-state index contributed by atoms with van der Waals surface area (Å²) < 4.78 is 5.67. The predicted octanol–water partition coefficient (Wildman–Crippen LogP) is 2.00. The zero-order valence-corrected chi connectivity index (χ0v) is 12.2. The first kappa shape index (κ1) is 13.7. The maximum atomic E-state index is 11.7. The van der Waals surface area contributed by atoms with Gasteiger partial charge in [0.2, 0.25) is 0 Å². The van der Waals surface area contributed by atoms with Gasteiger partial charge in [0.25, 0.3) is 0 Å². The summed E-state index contributed by atoms with van der Waals surface area (Å²) in [4.78, 5) is 23.2. The number of benzene rings is 1. The lowest BCUT2D eigenvalue weighted by atomic mass is 10.0. The Hall–Kier alpha value is -1.69. The first-order valence-electron chi connectivity index (χ1n) is 5.73. The Morgan fingerprint density at radius 1 is 1.37 bits per heavy atom. The van der Waals surface area contributed by atoms with Crippen LogP contribution in [0.3, 0.4) is 0 Å². The highest BCUT2D eigenvalue weighted by Crippen LogP contribution is 2.25. The van der Waals surface area contributed by atoms with E-state index in [0.717, 1.165) is 10.2 Å². The lowest BCUT2D eigenvalue weighted by Crippen LogP contribution is -2.30. The van der Waals surface area contributed by atoms with E-state index in [4.69, 9.17) is 4.74 Å². The molecule has 0 aliphatic carbocycles. The number of rotatable bonds is 3. The zero-order valence-electron chi connectivity index (χ0n) is 10.6. The Morgan fingerprint density at radius 2 is 2.00 bits per heavy atom. The first-order valence-corrected chi connectivity index (χ1v) is 6.52. The Bertz CT molecular complexity index is 539. The van der Waals surface area contributed by atoms with Crippen molar-refractivity contribution < 1.29 is 14.3 Å². The molecule has 2 rings (SSSR count). The summed E-state index contributed by atoms with van der Waals surface area (Å²) in [6.45, 7) is 1.73. The van der Waals surface area contributed by atoms with E-state index in [1.54, 1.807) is 5.01 Å². The van der Waals surface area contributed by atoms with Gasteiger partial charge >= 0.3 is 5.97 Å². The lowest BCUT2D eigenvalue weighted by Gasteiger charge is -2.14. The van der Waals surface area contributed by atoms with Gasteiger partial charge in [-0.3, -0.25) is 14.6 Å². The van der Waals surface area contributed by atoms with Crippen molar-refractivity contribution in [2.24, 2.45) is 11.0 Å². The molecule has 0 aromatic heterocycles. The second-order valence-corrected chi connectivity index (χ2v) is 5.09. The number of anilines is 1. The molecule has 1 heterocycles. The second-order valence-electron chi connectivity index (χ2n) is 4.18. The van der Waals surface area contributed by atoms with Crippen LogP contribution in [-0.4, -0.2) is 31.1 Å². The third-order valence-corrected chi connectivity index (χ3v) is 3.41. The molecule has 0 spiro atoms. The highest BCUT2D eigenvalue weighted by atomic mass is 79.9. The van der Waals surface area contributed by atoms with Crippen LogP contribution < -0.4 is 5.01 Å². The van der Waals surface area contributed by atoms with Crippen molar-refractivity contribution in [2.75, 3.05) is 18.7 Å². The van der Waals surface area contributed by atoms with Crippen LogP contribution in [0.5, 0.6) is 0 Å². The molecule has 6 heteroatoms. The number of methoxy groups -OCH3 is 1. The molecular weight excluding hydrogens is 312 g/mol. The van der Waals surface area contributed by atoms with E-state index in [-0.39, 0.29) is 11.5 Å². The van der Waals surface area contributed by atoms with Gasteiger partial charge in [-0.25, -0.2) is 0 Å². The summed E-state index contributed by atoms with van der Waals surface area (Å²) >= 11 is 3.35. The Morgan fingerprint density at radius 3 is 2.53 bits per heavy atom. The lowest BCUT2D eigenvalue weighted by molar-refractivity contribution is -0.142. The Labute approximate surface area is 119 Å². The minimum atomic E-state index is -0.619. The normalized spacial score (nSPS) is 18.2. The number of Topliss-reactive ketones (excluding diaryl/α,β-unsaturated/α-hetero) is 1. The van der Waals surface area contributed by atoms with E-state index in [2.05, 4.69) is 21.0 Å². The van der Waals surface area contributed by atoms with Gasteiger partial charge < -0.3 is 4.74 Å². The van der Waals surface area contributed by atoms with Crippen molar-refractivity contribution in [2.45, 2.75) is 6.92 Å². The number of hydrogen-bond acceptors (Lipinski definition) is 5. The standard InChI is InChI=1S/C13H13BrN2O3/c1-8(17)12-11(13(18)19-2)7-16(15-12)10-5-3-9(14)4-6-10/h3-6,11H,7H2,1-2H3. The summed E-state index contributed by atoms with van der Waals surface area (Å²) in [6.07, 6.45) is 0. The summed E-state index contributed by atoms with van der Waals surface area (Å²) in [5.74, 6) is -1.27. The number of ketones is 1. The van der Waals surface area contributed by atoms with E-state index in [9.17, 15) is 9.59 Å². The molecule has 1 aliphatic heterocycles. The highest BCUT2D eigenvalue weighted by molar-refractivity contribution is 9.10. The molecule has 0 radical (unpaired) electrons. The molecular formula is C13H13BrN2O3. The number of nitrogens with zero attached hydrogens (tertiary/aromatic N) is 2. The number of ether oxygens (including phenoxy) is 1. The largest absolute Gasteiger partial charge is 0.468 e. The number of carbonyl (C=O) groups excluding carboxylic acids is 2. The van der Waals surface area contributed by atoms with Gasteiger partial charge in [0, 0.05) is 11.4 Å². The average molecular weight is 325 g/mol. The summed E-state index contributed by atoms with van der Waals surface area (Å²) in [7, 11) is 1.31. The molecule has 0 saturated heterocycles. The van der Waals surface area contributed by atoms with Gasteiger partial charge in [-0.15, -0.1) is 0 Å². The van der Waals surface area contributed by atoms with Crippen LogP contribution in [0.1, 0.15) is 6.92 Å². The molecule has 0 amide bonds. The topological polar surface area (TPSA) is 59.0 Å². The minimum Gasteiger partial charge on any atom is -0.468 e. The van der Waals surface area contributed by atoms with Gasteiger partial charge in [-0.1, -0.05) is 15.9 Å². The zero-order chi connectivity index (χ0) is 14.0. The number of hydrazone groups is 1. The van der Waals surface area contributed by atoms with E-state index in [1.165, 1.54) is 14.0 Å². The van der Waals surface area contributed by atoms with Crippen molar-refractivity contribution in [1.82, 2.24) is 0 Å². The van der Waals surface area contributed by atoms with Crippen molar-refractivity contribution in [1.29, 1.82) is 0 Å². The van der Waals surface area contributed by atoms with Crippen molar-refractivity contribution in [3.8, 4) is 0 Å². The number of esters is 1. The molecule has 19 heavy (non-hydrogen) atoms. The van der Waals surface area contributed by atoms with E-state index in [1.807, 2.05) is 24.3 Å².